The van der Waals surface area contributed by atoms with E-state index in [4.69, 9.17) is 0 Å². The molecule has 0 aromatic rings. The average molecular weight is 111 g/mol. The first-order valence-corrected chi connectivity index (χ1v) is 3.64. The predicted octanol–water partition coefficient (Wildman–Crippen LogP) is 2.74. The van der Waals surface area contributed by atoms with E-state index in [0.717, 1.165) is 5.82 Å². The zero-order chi connectivity index (χ0) is 6.41. The number of hydrogen-bond donors (Lipinski definition) is 0. The minimum absolute atomic E-state index is 0.838. The number of rotatable bonds is 4. The lowest BCUT2D eigenvalue weighted by Crippen LogP contribution is -1.95. The molecule has 1 atom stereocenters. The molecule has 8 heavy (non-hydrogen) atoms. The smallest absolute Gasteiger partial charge is 0.0827 e. The van der Waals surface area contributed by atoms with Crippen LogP contribution in [0, 0.1) is 0 Å². The average Bonchev–Trinajstić information content (AvgIpc) is 1.68. The molecule has 0 nitrogen and oxygen atoms in total. The van der Waals surface area contributed by atoms with Crippen LogP contribution in [0.1, 0.15) is 33.6 Å². The van der Waals surface area contributed by atoms with Gasteiger partial charge in [0, 0.05) is 0 Å². The van der Waals surface area contributed by atoms with Gasteiger partial charge in [0.15, 0.2) is 0 Å². The molecule has 0 aromatic carbocycles. The molecule has 0 aliphatic carbocycles. The lowest BCUT2D eigenvalue weighted by molar-refractivity contribution is 0.760. The Balaban J connectivity index is 2.92. The minimum atomic E-state index is 0.838. The van der Waals surface area contributed by atoms with Gasteiger partial charge >= 0.3 is 0 Å². The fourth-order valence-electron chi connectivity index (χ4n) is 0.976. The molecular weight excluding hydrogens is 94.9 g/mol. The Kier molecular flexibility index (Phi) is 5.25. The van der Waals surface area contributed by atoms with Crippen molar-refractivity contribution in [2.75, 3.05) is 0 Å². The monoisotopic (exact) mass is 111 g/mol. The summed E-state index contributed by atoms with van der Waals surface area (Å²) in [6.07, 6.45) is 3.90. The SMILES string of the molecule is CC[B]C(C)CCC. The summed E-state index contributed by atoms with van der Waals surface area (Å²) in [6, 6.07) is 0. The van der Waals surface area contributed by atoms with Gasteiger partial charge in [-0.15, -0.1) is 0 Å². The molecule has 0 fully saturated rings. The molecule has 0 amide bonds. The maximum absolute atomic E-state index is 2.38. The third kappa shape index (κ3) is 4.23. The molecule has 0 spiro atoms. The summed E-state index contributed by atoms with van der Waals surface area (Å²) in [4.78, 5) is 0. The lowest BCUT2D eigenvalue weighted by Gasteiger charge is -2.04. The first-order chi connectivity index (χ1) is 3.81. The van der Waals surface area contributed by atoms with Gasteiger partial charge in [-0.25, -0.2) is 0 Å². The molecular formula is C7H16B. The van der Waals surface area contributed by atoms with Crippen molar-refractivity contribution >= 4 is 7.28 Å². The molecule has 0 bridgehead atoms. The van der Waals surface area contributed by atoms with Crippen LogP contribution in [-0.4, -0.2) is 7.28 Å². The summed E-state index contributed by atoms with van der Waals surface area (Å²) in [7, 11) is 2.38. The zero-order valence-electron chi connectivity index (χ0n) is 6.28. The quantitative estimate of drug-likeness (QED) is 0.489. The van der Waals surface area contributed by atoms with Crippen LogP contribution in [0.25, 0.3) is 0 Å². The zero-order valence-corrected chi connectivity index (χ0v) is 6.28. The molecule has 0 rings (SSSR count). The summed E-state index contributed by atoms with van der Waals surface area (Å²) in [5.74, 6) is 0.838. The third-order valence-corrected chi connectivity index (χ3v) is 1.38. The van der Waals surface area contributed by atoms with E-state index in [-0.39, 0.29) is 0 Å². The molecule has 0 aliphatic rings. The summed E-state index contributed by atoms with van der Waals surface area (Å²) < 4.78 is 0. The summed E-state index contributed by atoms with van der Waals surface area (Å²) in [5.41, 5.74) is 0. The lowest BCUT2D eigenvalue weighted by atomic mass is 9.62. The van der Waals surface area contributed by atoms with Gasteiger partial charge in [-0.3, -0.25) is 0 Å². The molecule has 0 aliphatic heterocycles. The van der Waals surface area contributed by atoms with E-state index in [2.05, 4.69) is 28.1 Å². The van der Waals surface area contributed by atoms with Crippen LogP contribution in [0.5, 0.6) is 0 Å². The van der Waals surface area contributed by atoms with Crippen molar-refractivity contribution in [1.29, 1.82) is 0 Å². The second kappa shape index (κ2) is 5.21. The van der Waals surface area contributed by atoms with Crippen molar-refractivity contribution in [3.8, 4) is 0 Å². The maximum Gasteiger partial charge on any atom is 0.112 e. The molecule has 1 heteroatoms. The highest BCUT2D eigenvalue weighted by atomic mass is 13.9. The van der Waals surface area contributed by atoms with E-state index in [1.807, 2.05) is 0 Å². The normalized spacial score (nSPS) is 13.4. The van der Waals surface area contributed by atoms with E-state index in [0.29, 0.717) is 0 Å². The van der Waals surface area contributed by atoms with Crippen LogP contribution in [0.2, 0.25) is 12.1 Å². The highest BCUT2D eigenvalue weighted by Gasteiger charge is 1.97. The number of hydrogen-bond acceptors (Lipinski definition) is 0. The summed E-state index contributed by atoms with van der Waals surface area (Å²) in [5, 5.41) is 0. The van der Waals surface area contributed by atoms with Crippen LogP contribution in [0.3, 0.4) is 0 Å². The van der Waals surface area contributed by atoms with Crippen molar-refractivity contribution in [3.63, 3.8) is 0 Å². The van der Waals surface area contributed by atoms with E-state index < -0.39 is 0 Å². The first-order valence-electron chi connectivity index (χ1n) is 3.64. The van der Waals surface area contributed by atoms with Gasteiger partial charge in [-0.2, -0.15) is 0 Å². The molecule has 47 valence electrons. The van der Waals surface area contributed by atoms with Crippen LogP contribution in [0.4, 0.5) is 0 Å². The Morgan fingerprint density at radius 1 is 1.38 bits per heavy atom. The van der Waals surface area contributed by atoms with Gasteiger partial charge in [-0.1, -0.05) is 45.8 Å². The van der Waals surface area contributed by atoms with Crippen LogP contribution in [-0.2, 0) is 0 Å². The second-order valence-electron chi connectivity index (χ2n) is 2.41. The maximum atomic E-state index is 2.38. The van der Waals surface area contributed by atoms with Crippen LogP contribution < -0.4 is 0 Å². The Morgan fingerprint density at radius 3 is 2.38 bits per heavy atom. The Bertz CT molecular complexity index is 37.7. The Morgan fingerprint density at radius 2 is 2.00 bits per heavy atom. The van der Waals surface area contributed by atoms with Gasteiger partial charge in [0.05, 0.1) is 0 Å². The molecule has 1 radical (unpaired) electrons. The van der Waals surface area contributed by atoms with Crippen molar-refractivity contribution in [2.24, 2.45) is 0 Å². The van der Waals surface area contributed by atoms with Gasteiger partial charge in [0.2, 0.25) is 0 Å². The van der Waals surface area contributed by atoms with Gasteiger partial charge in [0.25, 0.3) is 0 Å². The third-order valence-electron chi connectivity index (χ3n) is 1.38. The first kappa shape index (κ1) is 8.06. The highest BCUT2D eigenvalue weighted by molar-refractivity contribution is 6.37. The van der Waals surface area contributed by atoms with Crippen molar-refractivity contribution < 1.29 is 0 Å². The second-order valence-corrected chi connectivity index (χ2v) is 2.41. The van der Waals surface area contributed by atoms with Crippen LogP contribution >= 0.6 is 0 Å². The molecule has 0 saturated carbocycles. The standard InChI is InChI=1S/C7H16B/c1-4-6-7(3)8-5-2/h7H,4-6H2,1-3H3. The molecule has 0 N–H and O–H groups in total. The Labute approximate surface area is 53.9 Å². The van der Waals surface area contributed by atoms with Crippen molar-refractivity contribution in [1.82, 2.24) is 0 Å². The van der Waals surface area contributed by atoms with Crippen molar-refractivity contribution in [3.05, 3.63) is 0 Å². The summed E-state index contributed by atoms with van der Waals surface area (Å²) >= 11 is 0. The van der Waals surface area contributed by atoms with Crippen molar-refractivity contribution in [2.45, 2.75) is 45.8 Å². The van der Waals surface area contributed by atoms with E-state index >= 15 is 0 Å². The van der Waals surface area contributed by atoms with Crippen LogP contribution in [0.15, 0.2) is 0 Å². The van der Waals surface area contributed by atoms with E-state index in [1.165, 1.54) is 19.2 Å². The predicted molar refractivity (Wildman–Crippen MR) is 40.6 cm³/mol. The van der Waals surface area contributed by atoms with E-state index in [1.54, 1.807) is 0 Å². The fraction of sp³-hybridized carbons (Fsp3) is 1.00. The molecule has 0 saturated heterocycles. The highest BCUT2D eigenvalue weighted by Crippen LogP contribution is 2.10. The van der Waals surface area contributed by atoms with E-state index in [9.17, 15) is 0 Å². The Hall–Kier alpha value is 0.0649. The molecule has 0 aromatic heterocycles. The molecule has 1 unspecified atom stereocenters. The topological polar surface area (TPSA) is 0 Å². The molecule has 0 heterocycles. The fourth-order valence-corrected chi connectivity index (χ4v) is 0.976. The van der Waals surface area contributed by atoms with Gasteiger partial charge in [0.1, 0.15) is 7.28 Å². The largest absolute Gasteiger partial charge is 0.112 e. The van der Waals surface area contributed by atoms with Gasteiger partial charge in [-0.05, 0) is 0 Å². The van der Waals surface area contributed by atoms with Gasteiger partial charge < -0.3 is 0 Å². The summed E-state index contributed by atoms with van der Waals surface area (Å²) in [6.45, 7) is 6.72. The minimum Gasteiger partial charge on any atom is -0.0827 e.